The number of hydrogen-bond donors (Lipinski definition) is 0. The van der Waals surface area contributed by atoms with Crippen molar-refractivity contribution >= 4 is 11.7 Å². The van der Waals surface area contributed by atoms with Crippen LogP contribution in [0.2, 0.25) is 0 Å². The topological polar surface area (TPSA) is 62.4 Å². The normalized spacial score (nSPS) is 11.6. The van der Waals surface area contributed by atoms with Crippen LogP contribution in [0.4, 0.5) is 0 Å². The van der Waals surface area contributed by atoms with Crippen LogP contribution in [-0.4, -0.2) is 18.7 Å². The van der Waals surface area contributed by atoms with Crippen LogP contribution in [0.3, 0.4) is 0 Å². The van der Waals surface area contributed by atoms with E-state index in [9.17, 15) is 4.79 Å². The predicted molar refractivity (Wildman–Crippen MR) is 74.1 cm³/mol. The smallest absolute Gasteiger partial charge is 0.215 e. The minimum absolute atomic E-state index is 0.131. The van der Waals surface area contributed by atoms with E-state index in [1.54, 1.807) is 31.3 Å². The first-order valence-electron chi connectivity index (χ1n) is 5.61. The molecule has 4 nitrogen and oxygen atoms in total. The molecule has 0 aliphatic heterocycles. The Hall–Kier alpha value is -2.67. The maximum absolute atomic E-state index is 11.3. The molecule has 0 heterocycles. The van der Waals surface area contributed by atoms with Gasteiger partial charge in [-0.25, -0.2) is 0 Å². The van der Waals surface area contributed by atoms with Crippen LogP contribution in [0.1, 0.15) is 12.5 Å². The fourth-order valence-electron chi connectivity index (χ4n) is 1.34. The quantitative estimate of drug-likeness (QED) is 0.359. The molecule has 0 fully saturated rings. The largest absolute Gasteiger partial charge is 0.438 e. The number of ketones is 1. The first-order valence-corrected chi connectivity index (χ1v) is 5.61. The number of hydrogen-bond acceptors (Lipinski definition) is 4. The molecule has 1 aromatic rings. The second-order valence-corrected chi connectivity index (χ2v) is 3.63. The van der Waals surface area contributed by atoms with Gasteiger partial charge >= 0.3 is 0 Å². The predicted octanol–water partition coefficient (Wildman–Crippen LogP) is 2.67. The summed E-state index contributed by atoms with van der Waals surface area (Å²) >= 11 is 0. The van der Waals surface area contributed by atoms with Crippen LogP contribution in [0.25, 0.3) is 0 Å². The first-order chi connectivity index (χ1) is 9.12. The van der Waals surface area contributed by atoms with Gasteiger partial charge in [0.05, 0.1) is 5.56 Å². The highest BCUT2D eigenvalue weighted by molar-refractivity contribution is 6.03. The van der Waals surface area contributed by atoms with Crippen LogP contribution in [-0.2, 0) is 4.79 Å². The van der Waals surface area contributed by atoms with E-state index >= 15 is 0 Å². The number of allylic oxidation sites excluding steroid dienone is 2. The van der Waals surface area contributed by atoms with Crippen molar-refractivity contribution in [3.05, 3.63) is 54.1 Å². The first kappa shape index (κ1) is 14.4. The number of rotatable bonds is 4. The van der Waals surface area contributed by atoms with E-state index in [1.807, 2.05) is 6.07 Å². The number of carbonyl (C=O) groups is 1. The van der Waals surface area contributed by atoms with Gasteiger partial charge in [-0.05, 0) is 19.1 Å². The van der Waals surface area contributed by atoms with Crippen LogP contribution >= 0.6 is 0 Å². The lowest BCUT2D eigenvalue weighted by atomic mass is 10.1. The number of carbonyl (C=O) groups excluding carboxylic acids is 1. The zero-order valence-electron chi connectivity index (χ0n) is 10.9. The third kappa shape index (κ3) is 3.93. The molecule has 0 aliphatic rings. The number of ether oxygens (including phenoxy) is 1. The van der Waals surface area contributed by atoms with E-state index in [0.29, 0.717) is 16.9 Å². The third-order valence-electron chi connectivity index (χ3n) is 2.35. The molecule has 4 heteroatoms. The second-order valence-electron chi connectivity index (χ2n) is 3.63. The molecule has 0 saturated heterocycles. The lowest BCUT2D eigenvalue weighted by molar-refractivity contribution is -0.113. The Morgan fingerprint density at radius 1 is 1.47 bits per heavy atom. The summed E-state index contributed by atoms with van der Waals surface area (Å²) in [5, 5.41) is 8.96. The molecule has 0 aromatic heterocycles. The summed E-state index contributed by atoms with van der Waals surface area (Å²) in [4.78, 5) is 15.2. The van der Waals surface area contributed by atoms with Crippen molar-refractivity contribution in [1.29, 1.82) is 5.26 Å². The van der Waals surface area contributed by atoms with E-state index in [-0.39, 0.29) is 11.7 Å². The highest BCUT2D eigenvalue weighted by atomic mass is 16.5. The minimum atomic E-state index is -0.131. The number of nitriles is 1. The highest BCUT2D eigenvalue weighted by Crippen LogP contribution is 2.17. The molecule has 0 spiro atoms. The summed E-state index contributed by atoms with van der Waals surface area (Å²) in [6.07, 6.45) is 2.93. The van der Waals surface area contributed by atoms with Crippen LogP contribution < -0.4 is 4.74 Å². The summed E-state index contributed by atoms with van der Waals surface area (Å²) in [6.45, 7) is 4.99. The van der Waals surface area contributed by atoms with Gasteiger partial charge in [0.2, 0.25) is 5.90 Å². The summed E-state index contributed by atoms with van der Waals surface area (Å²) < 4.78 is 5.52. The monoisotopic (exact) mass is 254 g/mol. The Kier molecular flexibility index (Phi) is 5.24. The molecule has 1 rings (SSSR count). The van der Waals surface area contributed by atoms with Crippen molar-refractivity contribution in [2.24, 2.45) is 4.99 Å². The van der Waals surface area contributed by atoms with E-state index < -0.39 is 0 Å². The molecule has 0 unspecified atom stereocenters. The number of para-hydroxylation sites is 1. The van der Waals surface area contributed by atoms with Crippen molar-refractivity contribution in [1.82, 2.24) is 0 Å². The molecule has 19 heavy (non-hydrogen) atoms. The molecular weight excluding hydrogens is 240 g/mol. The maximum atomic E-state index is 11.3. The molecule has 0 aliphatic carbocycles. The van der Waals surface area contributed by atoms with Gasteiger partial charge in [-0.3, -0.25) is 9.79 Å². The minimum Gasteiger partial charge on any atom is -0.438 e. The Morgan fingerprint density at radius 2 is 2.16 bits per heavy atom. The lowest BCUT2D eigenvalue weighted by Gasteiger charge is -2.07. The summed E-state index contributed by atoms with van der Waals surface area (Å²) in [6, 6.07) is 8.84. The van der Waals surface area contributed by atoms with Gasteiger partial charge in [0, 0.05) is 18.7 Å². The van der Waals surface area contributed by atoms with E-state index in [2.05, 4.69) is 11.6 Å². The van der Waals surface area contributed by atoms with E-state index in [0.717, 1.165) is 0 Å². The number of Topliss-reactive ketones (excluding diaryl/α,β-unsaturated/α-hetero) is 1. The van der Waals surface area contributed by atoms with Gasteiger partial charge in [-0.2, -0.15) is 5.26 Å². The van der Waals surface area contributed by atoms with Gasteiger partial charge in [0.15, 0.2) is 5.78 Å². The van der Waals surface area contributed by atoms with E-state index in [1.165, 1.54) is 19.1 Å². The Morgan fingerprint density at radius 3 is 2.68 bits per heavy atom. The van der Waals surface area contributed by atoms with Crippen molar-refractivity contribution in [3.63, 3.8) is 0 Å². The summed E-state index contributed by atoms with van der Waals surface area (Å²) in [5.74, 6) is 0.509. The van der Waals surface area contributed by atoms with Crippen LogP contribution in [0, 0.1) is 11.3 Å². The van der Waals surface area contributed by atoms with Crippen molar-refractivity contribution in [2.45, 2.75) is 6.92 Å². The Bertz CT molecular complexity index is 592. The highest BCUT2D eigenvalue weighted by Gasteiger charge is 2.07. The van der Waals surface area contributed by atoms with Gasteiger partial charge in [0.25, 0.3) is 0 Å². The standard InChI is InChI=1S/C15H14N2O2/c1-4-12(11(2)18)9-15(17-3)19-14-8-6-5-7-13(14)10-16/h4-9H,1H2,2-3H3/b12-9+,17-15?. The Labute approximate surface area is 112 Å². The number of nitrogens with zero attached hydrogens (tertiary/aromatic N) is 2. The molecule has 0 atom stereocenters. The Balaban J connectivity index is 3.06. The van der Waals surface area contributed by atoms with Gasteiger partial charge in [-0.1, -0.05) is 24.8 Å². The molecule has 0 N–H and O–H groups in total. The van der Waals surface area contributed by atoms with Gasteiger partial charge in [0.1, 0.15) is 11.8 Å². The fraction of sp³-hybridized carbons (Fsp3) is 0.133. The molecule has 0 radical (unpaired) electrons. The summed E-state index contributed by atoms with van der Waals surface area (Å²) in [5.41, 5.74) is 0.801. The van der Waals surface area contributed by atoms with E-state index in [4.69, 9.17) is 10.00 Å². The second kappa shape index (κ2) is 6.92. The zero-order valence-corrected chi connectivity index (χ0v) is 10.9. The van der Waals surface area contributed by atoms with Crippen molar-refractivity contribution in [3.8, 4) is 11.8 Å². The van der Waals surface area contributed by atoms with Crippen molar-refractivity contribution < 1.29 is 9.53 Å². The molecule has 96 valence electrons. The van der Waals surface area contributed by atoms with Crippen LogP contribution in [0.15, 0.2) is 53.6 Å². The fourth-order valence-corrected chi connectivity index (χ4v) is 1.34. The number of aliphatic imine (C=N–C) groups is 1. The van der Waals surface area contributed by atoms with Gasteiger partial charge in [-0.15, -0.1) is 0 Å². The van der Waals surface area contributed by atoms with Gasteiger partial charge < -0.3 is 4.74 Å². The molecular formula is C15H14N2O2. The zero-order chi connectivity index (χ0) is 14.3. The molecule has 0 bridgehead atoms. The number of benzene rings is 1. The SMILES string of the molecule is C=C/C(=C\C(=NC)Oc1ccccc1C#N)C(C)=O. The van der Waals surface area contributed by atoms with Crippen LogP contribution in [0.5, 0.6) is 5.75 Å². The molecule has 0 saturated carbocycles. The van der Waals surface area contributed by atoms with Crippen molar-refractivity contribution in [2.75, 3.05) is 7.05 Å². The average Bonchev–Trinajstić information content (AvgIpc) is 2.43. The maximum Gasteiger partial charge on any atom is 0.215 e. The average molecular weight is 254 g/mol. The lowest BCUT2D eigenvalue weighted by Crippen LogP contribution is -2.08. The molecule has 1 aromatic carbocycles. The third-order valence-corrected chi connectivity index (χ3v) is 2.35. The summed E-state index contributed by atoms with van der Waals surface area (Å²) in [7, 11) is 1.54. The molecule has 0 amide bonds.